The summed E-state index contributed by atoms with van der Waals surface area (Å²) in [5.41, 5.74) is 3.16. The van der Waals surface area contributed by atoms with E-state index in [1.165, 1.54) is 12.1 Å². The van der Waals surface area contributed by atoms with Gasteiger partial charge in [-0.3, -0.25) is 9.36 Å². The van der Waals surface area contributed by atoms with Gasteiger partial charge in [-0.2, -0.15) is 0 Å². The van der Waals surface area contributed by atoms with Crippen molar-refractivity contribution in [2.75, 3.05) is 0 Å². The molecule has 6 nitrogen and oxygen atoms in total. The molecule has 0 fully saturated rings. The maximum absolute atomic E-state index is 13.9. The molecule has 4 rings (SSSR count). The molecule has 1 aromatic heterocycles. The van der Waals surface area contributed by atoms with Crippen LogP contribution in [0.5, 0.6) is 0 Å². The quantitative estimate of drug-likeness (QED) is 0.647. The lowest BCUT2D eigenvalue weighted by atomic mass is 10.00. The molecule has 1 aliphatic heterocycles. The summed E-state index contributed by atoms with van der Waals surface area (Å²) in [5.74, 6) is -0.827. The normalized spacial score (nSPS) is 14.8. The molecule has 0 amide bonds. The van der Waals surface area contributed by atoms with Crippen LogP contribution in [0.2, 0.25) is 5.02 Å². The van der Waals surface area contributed by atoms with Crippen molar-refractivity contribution in [3.05, 3.63) is 82.1 Å². The third-order valence-electron chi connectivity index (χ3n) is 4.03. The van der Waals surface area contributed by atoms with E-state index in [9.17, 15) is 9.50 Å². The molecule has 0 bridgehead atoms. The molecule has 0 spiro atoms. The van der Waals surface area contributed by atoms with Gasteiger partial charge in [0.05, 0.1) is 11.4 Å². The smallest absolute Gasteiger partial charge is 0.300 e. The number of aliphatic carboxylic acids is 1. The van der Waals surface area contributed by atoms with E-state index in [2.05, 4.69) is 9.98 Å². The Kier molecular flexibility index (Phi) is 5.58. The molecule has 1 unspecified atom stereocenters. The molecule has 2 N–H and O–H groups in total. The van der Waals surface area contributed by atoms with Crippen LogP contribution >= 0.6 is 11.6 Å². The van der Waals surface area contributed by atoms with E-state index in [4.69, 9.17) is 21.5 Å². The average Bonchev–Trinajstić information content (AvgIpc) is 2.96. The first-order valence-electron chi connectivity index (χ1n) is 8.34. The Labute approximate surface area is 165 Å². The van der Waals surface area contributed by atoms with Crippen LogP contribution in [-0.4, -0.2) is 31.4 Å². The summed E-state index contributed by atoms with van der Waals surface area (Å²) in [6.45, 7) is 2.96. The molecule has 1 aliphatic rings. The molecular weight excluding hydrogens is 385 g/mol. The topological polar surface area (TPSA) is 87.7 Å². The lowest BCUT2D eigenvalue weighted by Gasteiger charge is -2.13. The van der Waals surface area contributed by atoms with Crippen molar-refractivity contribution < 1.29 is 19.4 Å². The van der Waals surface area contributed by atoms with Crippen molar-refractivity contribution in [2.45, 2.75) is 20.1 Å². The van der Waals surface area contributed by atoms with E-state index in [0.717, 1.165) is 12.6 Å². The van der Waals surface area contributed by atoms with Crippen molar-refractivity contribution in [3.63, 3.8) is 0 Å². The SMILES string of the molecule is CC(=O)O.Cc1cnc2n1-c1ccc(F)cc1C(c1ccccc1Cl)=NC2O. The van der Waals surface area contributed by atoms with Crippen LogP contribution in [0.25, 0.3) is 5.69 Å². The van der Waals surface area contributed by atoms with Gasteiger partial charge in [0.25, 0.3) is 5.97 Å². The van der Waals surface area contributed by atoms with E-state index >= 15 is 0 Å². The molecule has 28 heavy (non-hydrogen) atoms. The van der Waals surface area contributed by atoms with Crippen molar-refractivity contribution in [1.29, 1.82) is 0 Å². The van der Waals surface area contributed by atoms with Gasteiger partial charge in [0.2, 0.25) is 6.23 Å². The lowest BCUT2D eigenvalue weighted by molar-refractivity contribution is -0.134. The van der Waals surface area contributed by atoms with Crippen LogP contribution < -0.4 is 0 Å². The molecule has 8 heteroatoms. The number of aromatic nitrogens is 2. The summed E-state index contributed by atoms with van der Waals surface area (Å²) in [6, 6.07) is 11.6. The average molecular weight is 402 g/mol. The molecule has 3 aromatic rings. The second-order valence-corrected chi connectivity index (χ2v) is 6.51. The summed E-state index contributed by atoms with van der Waals surface area (Å²) in [4.78, 5) is 17.6. The minimum atomic E-state index is -1.17. The number of aliphatic hydroxyl groups excluding tert-OH is 1. The Bertz CT molecular complexity index is 1070. The van der Waals surface area contributed by atoms with Crippen molar-refractivity contribution in [3.8, 4) is 5.69 Å². The molecule has 0 saturated carbocycles. The number of carboxylic acids is 1. The second kappa shape index (κ2) is 7.92. The zero-order valence-electron chi connectivity index (χ0n) is 15.1. The van der Waals surface area contributed by atoms with E-state index in [-0.39, 0.29) is 5.82 Å². The van der Waals surface area contributed by atoms with Gasteiger partial charge in [-0.1, -0.05) is 29.8 Å². The highest BCUT2D eigenvalue weighted by Gasteiger charge is 2.26. The first-order chi connectivity index (χ1) is 13.3. The number of aliphatic imine (C=N–C) groups is 1. The Balaban J connectivity index is 0.000000516. The number of rotatable bonds is 1. The largest absolute Gasteiger partial charge is 0.481 e. The Morgan fingerprint density at radius 2 is 1.89 bits per heavy atom. The number of fused-ring (bicyclic) bond motifs is 3. The van der Waals surface area contributed by atoms with Crippen LogP contribution in [0.15, 0.2) is 53.7 Å². The number of imidazole rings is 1. The van der Waals surface area contributed by atoms with Crippen LogP contribution in [0, 0.1) is 12.7 Å². The number of carbonyl (C=O) groups is 1. The Morgan fingerprint density at radius 1 is 1.21 bits per heavy atom. The number of aliphatic hydroxyl groups is 1. The van der Waals surface area contributed by atoms with Crippen molar-refractivity contribution >= 4 is 23.3 Å². The van der Waals surface area contributed by atoms with Gasteiger partial charge >= 0.3 is 0 Å². The van der Waals surface area contributed by atoms with Gasteiger partial charge in [0.15, 0.2) is 5.82 Å². The Hall–Kier alpha value is -3.03. The molecule has 0 aliphatic carbocycles. The standard InChI is InChI=1S/C18H13ClFN3O.C2H4O2/c1-10-9-21-17-18(24)22-16(12-4-2-3-5-14(12)19)13-8-11(20)6-7-15(13)23(10)17;1-2(3)4/h2-9,18,24H,1H3;1H3,(H,3,4). The van der Waals surface area contributed by atoms with Gasteiger partial charge < -0.3 is 10.2 Å². The minimum Gasteiger partial charge on any atom is -0.481 e. The fourth-order valence-corrected chi connectivity index (χ4v) is 3.19. The minimum absolute atomic E-state index is 0.385. The summed E-state index contributed by atoms with van der Waals surface area (Å²) in [6.07, 6.45) is 0.488. The zero-order valence-corrected chi connectivity index (χ0v) is 15.9. The van der Waals surface area contributed by atoms with Crippen LogP contribution in [0.3, 0.4) is 0 Å². The monoisotopic (exact) mass is 401 g/mol. The predicted molar refractivity (Wildman–Crippen MR) is 104 cm³/mol. The summed E-state index contributed by atoms with van der Waals surface area (Å²) in [7, 11) is 0. The van der Waals surface area contributed by atoms with E-state index < -0.39 is 12.2 Å². The molecule has 1 atom stereocenters. The fraction of sp³-hybridized carbons (Fsp3) is 0.150. The zero-order chi connectivity index (χ0) is 20.4. The highest BCUT2D eigenvalue weighted by molar-refractivity contribution is 6.35. The number of hydrogen-bond donors (Lipinski definition) is 2. The highest BCUT2D eigenvalue weighted by Crippen LogP contribution is 2.32. The van der Waals surface area contributed by atoms with Crippen molar-refractivity contribution in [2.24, 2.45) is 4.99 Å². The number of hydrogen-bond acceptors (Lipinski definition) is 4. The van der Waals surface area contributed by atoms with E-state index in [0.29, 0.717) is 33.4 Å². The van der Waals surface area contributed by atoms with Gasteiger partial charge in [-0.15, -0.1) is 0 Å². The number of benzene rings is 2. The molecule has 2 aromatic carbocycles. The van der Waals surface area contributed by atoms with Gasteiger partial charge in [0.1, 0.15) is 5.82 Å². The van der Waals surface area contributed by atoms with Crippen LogP contribution in [0.4, 0.5) is 4.39 Å². The highest BCUT2D eigenvalue weighted by atomic mass is 35.5. The number of carboxylic acid groups (broad SMARTS) is 1. The molecule has 144 valence electrons. The summed E-state index contributed by atoms with van der Waals surface area (Å²) in [5, 5.41) is 18.4. The molecule has 0 radical (unpaired) electrons. The van der Waals surface area contributed by atoms with Gasteiger partial charge in [-0.25, -0.2) is 14.4 Å². The summed E-state index contributed by atoms with van der Waals surface area (Å²) >= 11 is 6.30. The molecule has 0 saturated heterocycles. The molecular formula is C20H17ClFN3O3. The number of nitrogens with zero attached hydrogens (tertiary/aromatic N) is 3. The molecule has 2 heterocycles. The lowest BCUT2D eigenvalue weighted by Crippen LogP contribution is -2.09. The fourth-order valence-electron chi connectivity index (χ4n) is 2.96. The maximum atomic E-state index is 13.9. The predicted octanol–water partition coefficient (Wildman–Crippen LogP) is 3.91. The number of aryl methyl sites for hydroxylation is 1. The maximum Gasteiger partial charge on any atom is 0.300 e. The van der Waals surface area contributed by atoms with Crippen LogP contribution in [-0.2, 0) is 4.79 Å². The first kappa shape index (κ1) is 19.7. The second-order valence-electron chi connectivity index (χ2n) is 6.10. The third kappa shape index (κ3) is 3.81. The third-order valence-corrected chi connectivity index (χ3v) is 4.36. The summed E-state index contributed by atoms with van der Waals surface area (Å²) < 4.78 is 15.7. The van der Waals surface area contributed by atoms with Crippen molar-refractivity contribution in [1.82, 2.24) is 9.55 Å². The number of halogens is 2. The van der Waals surface area contributed by atoms with E-state index in [1.54, 1.807) is 35.0 Å². The van der Waals surface area contributed by atoms with Gasteiger partial charge in [0, 0.05) is 35.0 Å². The van der Waals surface area contributed by atoms with Crippen LogP contribution in [0.1, 0.15) is 35.8 Å². The Morgan fingerprint density at radius 3 is 2.57 bits per heavy atom. The van der Waals surface area contributed by atoms with Gasteiger partial charge in [-0.05, 0) is 31.2 Å². The first-order valence-corrected chi connectivity index (χ1v) is 8.72. The van der Waals surface area contributed by atoms with E-state index in [1.807, 2.05) is 13.0 Å².